The van der Waals surface area contributed by atoms with Crippen molar-refractivity contribution in [2.45, 2.75) is 0 Å². The van der Waals surface area contributed by atoms with Crippen molar-refractivity contribution in [3.63, 3.8) is 0 Å². The summed E-state index contributed by atoms with van der Waals surface area (Å²) in [6, 6.07) is 9.01. The van der Waals surface area contributed by atoms with E-state index in [0.29, 0.717) is 11.3 Å². The van der Waals surface area contributed by atoms with Gasteiger partial charge in [0.15, 0.2) is 5.76 Å². The van der Waals surface area contributed by atoms with Gasteiger partial charge in [-0.25, -0.2) is 4.39 Å². The minimum atomic E-state index is -0.328. The zero-order valence-electron chi connectivity index (χ0n) is 6.12. The Bertz CT molecular complexity index is 370. The van der Waals surface area contributed by atoms with Crippen LogP contribution in [0.15, 0.2) is 35.0 Å². The zero-order valence-corrected chi connectivity index (χ0v) is 6.12. The fourth-order valence-electron chi connectivity index (χ4n) is 0.963. The molecule has 0 unspecified atom stereocenters. The molecule has 3 heteroatoms. The number of hydrogen-bond donors (Lipinski definition) is 0. The lowest BCUT2D eigenvalue weighted by Crippen LogP contribution is -1.79. The summed E-state index contributed by atoms with van der Waals surface area (Å²) < 4.78 is 17.8. The van der Waals surface area contributed by atoms with Crippen molar-refractivity contribution in [2.75, 3.05) is 0 Å². The fraction of sp³-hybridized carbons (Fsp3) is 0. The molecule has 2 nitrogen and oxygen atoms in total. The molecule has 0 fully saturated rings. The number of aromatic nitrogens is 1. The molecule has 59 valence electrons. The van der Waals surface area contributed by atoms with Crippen LogP contribution in [-0.2, 0) is 0 Å². The van der Waals surface area contributed by atoms with Gasteiger partial charge < -0.3 is 4.52 Å². The first kappa shape index (κ1) is 7.03. The van der Waals surface area contributed by atoms with Crippen LogP contribution in [0.3, 0.4) is 0 Å². The minimum Gasteiger partial charge on any atom is -0.356 e. The van der Waals surface area contributed by atoms with E-state index in [1.165, 1.54) is 12.3 Å². The van der Waals surface area contributed by atoms with Crippen molar-refractivity contribution in [1.82, 2.24) is 5.16 Å². The van der Waals surface area contributed by atoms with Crippen LogP contribution in [0.4, 0.5) is 4.39 Å². The predicted molar refractivity (Wildman–Crippen MR) is 40.7 cm³/mol. The highest BCUT2D eigenvalue weighted by molar-refractivity contribution is 5.56. The molecule has 1 aromatic carbocycles. The van der Waals surface area contributed by atoms with Crippen LogP contribution in [0.2, 0.25) is 0 Å². The maximum Gasteiger partial charge on any atom is 0.177 e. The van der Waals surface area contributed by atoms with E-state index in [9.17, 15) is 4.39 Å². The van der Waals surface area contributed by atoms with E-state index in [1.807, 2.05) is 0 Å². The number of halogens is 1. The fourth-order valence-corrected chi connectivity index (χ4v) is 0.963. The van der Waals surface area contributed by atoms with Gasteiger partial charge in [-0.2, -0.15) is 0 Å². The Labute approximate surface area is 68.6 Å². The van der Waals surface area contributed by atoms with Crippen molar-refractivity contribution in [3.05, 3.63) is 42.3 Å². The van der Waals surface area contributed by atoms with Gasteiger partial charge in [-0.1, -0.05) is 17.3 Å². The summed E-state index contributed by atoms with van der Waals surface area (Å²) in [4.78, 5) is 0. The third-order valence-corrected chi connectivity index (χ3v) is 1.51. The molecule has 0 aliphatic rings. The number of hydrogen-bond acceptors (Lipinski definition) is 2. The summed E-state index contributed by atoms with van der Waals surface area (Å²) in [6.45, 7) is 0. The SMILES string of the molecule is Fc1ccccc1-c1[c]cno1. The van der Waals surface area contributed by atoms with Crippen molar-refractivity contribution >= 4 is 0 Å². The lowest BCUT2D eigenvalue weighted by Gasteiger charge is -1.94. The van der Waals surface area contributed by atoms with Crippen LogP contribution < -0.4 is 0 Å². The minimum absolute atomic E-state index is 0.327. The van der Waals surface area contributed by atoms with E-state index in [0.717, 1.165) is 0 Å². The summed E-state index contributed by atoms with van der Waals surface area (Å²) in [6.07, 6.45) is 1.36. The molecule has 12 heavy (non-hydrogen) atoms. The molecule has 0 saturated heterocycles. The molecule has 0 N–H and O–H groups in total. The Morgan fingerprint density at radius 1 is 1.33 bits per heavy atom. The molecule has 1 heterocycles. The lowest BCUT2D eigenvalue weighted by atomic mass is 10.2. The second-order valence-electron chi connectivity index (χ2n) is 2.28. The second-order valence-corrected chi connectivity index (χ2v) is 2.28. The molecule has 2 rings (SSSR count). The molecule has 0 bridgehead atoms. The Morgan fingerprint density at radius 2 is 2.17 bits per heavy atom. The van der Waals surface area contributed by atoms with Gasteiger partial charge in [-0.05, 0) is 12.1 Å². The van der Waals surface area contributed by atoms with Gasteiger partial charge in [0.05, 0.1) is 17.8 Å². The first-order valence-corrected chi connectivity index (χ1v) is 3.45. The molecule has 0 spiro atoms. The summed E-state index contributed by atoms with van der Waals surface area (Å²) in [7, 11) is 0. The second kappa shape index (κ2) is 2.77. The first-order chi connectivity index (χ1) is 5.88. The van der Waals surface area contributed by atoms with Crippen molar-refractivity contribution < 1.29 is 8.91 Å². The third-order valence-electron chi connectivity index (χ3n) is 1.51. The maximum absolute atomic E-state index is 13.0. The monoisotopic (exact) mass is 162 g/mol. The molecule has 1 radical (unpaired) electrons. The van der Waals surface area contributed by atoms with Gasteiger partial charge in [-0.3, -0.25) is 0 Å². The average molecular weight is 162 g/mol. The van der Waals surface area contributed by atoms with Crippen LogP contribution in [0.5, 0.6) is 0 Å². The Hall–Kier alpha value is -1.64. The summed E-state index contributed by atoms with van der Waals surface area (Å²) in [5.41, 5.74) is 0.384. The van der Waals surface area contributed by atoms with Gasteiger partial charge in [0.25, 0.3) is 0 Å². The maximum atomic E-state index is 13.0. The van der Waals surface area contributed by atoms with Crippen LogP contribution in [0.1, 0.15) is 0 Å². The van der Waals surface area contributed by atoms with E-state index < -0.39 is 0 Å². The molecule has 2 aromatic rings. The normalized spacial score (nSPS) is 10.1. The largest absolute Gasteiger partial charge is 0.356 e. The molecule has 0 aliphatic heterocycles. The van der Waals surface area contributed by atoms with E-state index in [1.54, 1.807) is 18.2 Å². The highest BCUT2D eigenvalue weighted by Gasteiger charge is 2.06. The predicted octanol–water partition coefficient (Wildman–Crippen LogP) is 2.28. The highest BCUT2D eigenvalue weighted by Crippen LogP contribution is 2.20. The van der Waals surface area contributed by atoms with Crippen molar-refractivity contribution in [2.24, 2.45) is 0 Å². The van der Waals surface area contributed by atoms with E-state index >= 15 is 0 Å². The Morgan fingerprint density at radius 3 is 2.83 bits per heavy atom. The van der Waals surface area contributed by atoms with Crippen LogP contribution in [-0.4, -0.2) is 5.16 Å². The number of nitrogens with zero attached hydrogens (tertiary/aromatic N) is 1. The smallest absolute Gasteiger partial charge is 0.177 e. The molecule has 0 atom stereocenters. The standard InChI is InChI=1S/C9H5FNO/c10-8-4-2-1-3-7(8)9-5-6-11-12-9/h1-4,6H. The number of rotatable bonds is 1. The van der Waals surface area contributed by atoms with Crippen molar-refractivity contribution in [3.8, 4) is 11.3 Å². The van der Waals surface area contributed by atoms with Crippen LogP contribution in [0, 0.1) is 11.9 Å². The quantitative estimate of drug-likeness (QED) is 0.642. The number of benzene rings is 1. The van der Waals surface area contributed by atoms with E-state index in [-0.39, 0.29) is 5.82 Å². The highest BCUT2D eigenvalue weighted by atomic mass is 19.1. The average Bonchev–Trinajstić information content (AvgIpc) is 2.57. The van der Waals surface area contributed by atoms with E-state index in [2.05, 4.69) is 11.2 Å². The van der Waals surface area contributed by atoms with Gasteiger partial charge in [0, 0.05) is 0 Å². The summed E-state index contributed by atoms with van der Waals surface area (Å²) in [5, 5.41) is 3.44. The molecule has 0 saturated carbocycles. The Balaban J connectivity index is 2.55. The van der Waals surface area contributed by atoms with Crippen LogP contribution in [0.25, 0.3) is 11.3 Å². The van der Waals surface area contributed by atoms with Gasteiger partial charge in [0.2, 0.25) is 0 Å². The van der Waals surface area contributed by atoms with Gasteiger partial charge in [-0.15, -0.1) is 0 Å². The third kappa shape index (κ3) is 1.09. The molecular formula is C9H5FNO. The zero-order chi connectivity index (χ0) is 8.39. The first-order valence-electron chi connectivity index (χ1n) is 3.45. The topological polar surface area (TPSA) is 26.0 Å². The summed E-state index contributed by atoms with van der Waals surface area (Å²) >= 11 is 0. The van der Waals surface area contributed by atoms with Gasteiger partial charge in [0.1, 0.15) is 5.82 Å². The van der Waals surface area contributed by atoms with Crippen LogP contribution >= 0.6 is 0 Å². The van der Waals surface area contributed by atoms with E-state index in [4.69, 9.17) is 4.52 Å². The molecule has 0 aliphatic carbocycles. The summed E-state index contributed by atoms with van der Waals surface area (Å²) in [5.74, 6) is -0.00130. The lowest BCUT2D eigenvalue weighted by molar-refractivity contribution is 0.429. The molecule has 1 aromatic heterocycles. The molecular weight excluding hydrogens is 157 g/mol. The van der Waals surface area contributed by atoms with Gasteiger partial charge >= 0.3 is 0 Å². The van der Waals surface area contributed by atoms with Crippen molar-refractivity contribution in [1.29, 1.82) is 0 Å². The Kier molecular flexibility index (Phi) is 1.63. The molecule has 0 amide bonds.